The van der Waals surface area contributed by atoms with Gasteiger partial charge in [0.1, 0.15) is 17.5 Å². The molecule has 0 atom stereocenters. The zero-order chi connectivity index (χ0) is 18.1. The average Bonchev–Trinajstić information content (AvgIpc) is 2.69. The maximum atomic E-state index is 14.1. The second-order valence-corrected chi connectivity index (χ2v) is 5.74. The molecule has 2 aromatic heterocycles. The number of hydrogen-bond donors (Lipinski definition) is 1. The van der Waals surface area contributed by atoms with Gasteiger partial charge < -0.3 is 5.32 Å². The first-order chi connectivity index (χ1) is 12.7. The molecule has 4 aromatic rings. The normalized spacial score (nSPS) is 10.9. The van der Waals surface area contributed by atoms with Gasteiger partial charge in [-0.2, -0.15) is 0 Å². The van der Waals surface area contributed by atoms with Crippen molar-refractivity contribution in [3.8, 4) is 22.5 Å². The highest BCUT2D eigenvalue weighted by Crippen LogP contribution is 2.30. The summed E-state index contributed by atoms with van der Waals surface area (Å²) in [6.07, 6.45) is 3.38. The standard InChI is InChI=1S/C20H14F2N4/c1-23-20-16-9-12(15-10-14(21)5-6-17(15)22)4-7-18(16)25-19(26-20)13-3-2-8-24-11-13/h2-11H,1H3,(H,23,25,26). The van der Waals surface area contributed by atoms with Gasteiger partial charge in [-0.15, -0.1) is 0 Å². The number of halogens is 2. The summed E-state index contributed by atoms with van der Waals surface area (Å²) in [4.78, 5) is 13.2. The smallest absolute Gasteiger partial charge is 0.163 e. The second kappa shape index (κ2) is 6.48. The molecule has 0 aliphatic heterocycles. The molecule has 2 aromatic carbocycles. The molecular weight excluding hydrogens is 334 g/mol. The van der Waals surface area contributed by atoms with E-state index < -0.39 is 11.6 Å². The minimum Gasteiger partial charge on any atom is -0.373 e. The molecule has 26 heavy (non-hydrogen) atoms. The summed E-state index contributed by atoms with van der Waals surface area (Å²) in [5.41, 5.74) is 2.25. The lowest BCUT2D eigenvalue weighted by atomic mass is 10.0. The molecule has 0 unspecified atom stereocenters. The summed E-state index contributed by atoms with van der Waals surface area (Å²) in [6.45, 7) is 0. The van der Waals surface area contributed by atoms with Crippen molar-refractivity contribution in [2.45, 2.75) is 0 Å². The largest absolute Gasteiger partial charge is 0.373 e. The fraction of sp³-hybridized carbons (Fsp3) is 0.0500. The molecule has 0 saturated heterocycles. The number of benzene rings is 2. The molecule has 0 spiro atoms. The minimum atomic E-state index is -0.487. The summed E-state index contributed by atoms with van der Waals surface area (Å²) in [7, 11) is 1.75. The highest BCUT2D eigenvalue weighted by Gasteiger charge is 2.12. The molecule has 128 valence electrons. The highest BCUT2D eigenvalue weighted by atomic mass is 19.1. The number of rotatable bonds is 3. The molecule has 4 rings (SSSR count). The van der Waals surface area contributed by atoms with E-state index in [4.69, 9.17) is 0 Å². The molecule has 0 bridgehead atoms. The first kappa shape index (κ1) is 16.1. The van der Waals surface area contributed by atoms with Crippen LogP contribution in [0, 0.1) is 11.6 Å². The maximum Gasteiger partial charge on any atom is 0.163 e. The molecule has 0 fully saturated rings. The number of nitrogens with one attached hydrogen (secondary N) is 1. The molecular formula is C20H14F2N4. The topological polar surface area (TPSA) is 50.7 Å². The van der Waals surface area contributed by atoms with Gasteiger partial charge in [0.25, 0.3) is 0 Å². The van der Waals surface area contributed by atoms with Crippen LogP contribution in [0.3, 0.4) is 0 Å². The van der Waals surface area contributed by atoms with E-state index in [2.05, 4.69) is 20.3 Å². The molecule has 6 heteroatoms. The van der Waals surface area contributed by atoms with E-state index >= 15 is 0 Å². The van der Waals surface area contributed by atoms with Crippen molar-refractivity contribution < 1.29 is 8.78 Å². The third-order valence-corrected chi connectivity index (χ3v) is 4.09. The van der Waals surface area contributed by atoms with Crippen molar-refractivity contribution >= 4 is 16.7 Å². The van der Waals surface area contributed by atoms with E-state index in [1.165, 1.54) is 6.07 Å². The third-order valence-electron chi connectivity index (χ3n) is 4.09. The third kappa shape index (κ3) is 2.86. The fourth-order valence-corrected chi connectivity index (χ4v) is 2.83. The number of fused-ring (bicyclic) bond motifs is 1. The van der Waals surface area contributed by atoms with Crippen LogP contribution < -0.4 is 5.32 Å². The van der Waals surface area contributed by atoms with Crippen molar-refractivity contribution in [3.05, 3.63) is 72.6 Å². The van der Waals surface area contributed by atoms with Crippen molar-refractivity contribution in [1.82, 2.24) is 15.0 Å². The molecule has 0 radical (unpaired) electrons. The van der Waals surface area contributed by atoms with Crippen LogP contribution in [0.2, 0.25) is 0 Å². The zero-order valence-corrected chi connectivity index (χ0v) is 13.9. The van der Waals surface area contributed by atoms with E-state index in [-0.39, 0.29) is 5.56 Å². The molecule has 0 saturated carbocycles. The lowest BCUT2D eigenvalue weighted by molar-refractivity contribution is 0.603. The Bertz CT molecular complexity index is 1100. The van der Waals surface area contributed by atoms with Crippen LogP contribution in [-0.2, 0) is 0 Å². The zero-order valence-electron chi connectivity index (χ0n) is 13.9. The van der Waals surface area contributed by atoms with E-state index in [1.807, 2.05) is 12.1 Å². The van der Waals surface area contributed by atoms with Crippen LogP contribution in [0.5, 0.6) is 0 Å². The molecule has 0 aliphatic rings. The first-order valence-corrected chi connectivity index (χ1v) is 8.01. The van der Waals surface area contributed by atoms with Crippen molar-refractivity contribution in [3.63, 3.8) is 0 Å². The Labute approximate surface area is 148 Å². The molecule has 4 nitrogen and oxygen atoms in total. The van der Waals surface area contributed by atoms with Crippen LogP contribution in [0.1, 0.15) is 0 Å². The lowest BCUT2D eigenvalue weighted by Gasteiger charge is -2.10. The Kier molecular flexibility index (Phi) is 4.01. The van der Waals surface area contributed by atoms with Gasteiger partial charge in [0.2, 0.25) is 0 Å². The van der Waals surface area contributed by atoms with Crippen LogP contribution in [-0.4, -0.2) is 22.0 Å². The Balaban J connectivity index is 1.90. The van der Waals surface area contributed by atoms with Crippen molar-refractivity contribution in [2.24, 2.45) is 0 Å². The van der Waals surface area contributed by atoms with Gasteiger partial charge in [0, 0.05) is 36.0 Å². The molecule has 0 amide bonds. The summed E-state index contributed by atoms with van der Waals surface area (Å²) in [5, 5.41) is 3.77. The van der Waals surface area contributed by atoms with Gasteiger partial charge in [-0.25, -0.2) is 18.7 Å². The number of aromatic nitrogens is 3. The van der Waals surface area contributed by atoms with Gasteiger partial charge in [0.15, 0.2) is 5.82 Å². The van der Waals surface area contributed by atoms with Crippen LogP contribution in [0.15, 0.2) is 60.9 Å². The number of hydrogen-bond acceptors (Lipinski definition) is 4. The van der Waals surface area contributed by atoms with E-state index in [9.17, 15) is 8.78 Å². The number of nitrogens with zero attached hydrogens (tertiary/aromatic N) is 3. The maximum absolute atomic E-state index is 14.1. The Morgan fingerprint density at radius 2 is 1.81 bits per heavy atom. The van der Waals surface area contributed by atoms with E-state index in [0.29, 0.717) is 22.7 Å². The number of pyridine rings is 1. The molecule has 2 heterocycles. The van der Waals surface area contributed by atoms with Gasteiger partial charge in [-0.1, -0.05) is 6.07 Å². The Morgan fingerprint density at radius 3 is 2.58 bits per heavy atom. The SMILES string of the molecule is CNc1nc(-c2cccnc2)nc2ccc(-c3cc(F)ccc3F)cc12. The van der Waals surface area contributed by atoms with Crippen LogP contribution >= 0.6 is 0 Å². The lowest BCUT2D eigenvalue weighted by Crippen LogP contribution is -1.99. The average molecular weight is 348 g/mol. The van der Waals surface area contributed by atoms with Gasteiger partial charge in [-0.3, -0.25) is 4.98 Å². The molecule has 1 N–H and O–H groups in total. The van der Waals surface area contributed by atoms with Crippen LogP contribution in [0.25, 0.3) is 33.4 Å². The van der Waals surface area contributed by atoms with Crippen LogP contribution in [0.4, 0.5) is 14.6 Å². The van der Waals surface area contributed by atoms with Crippen molar-refractivity contribution in [2.75, 3.05) is 12.4 Å². The summed E-state index contributed by atoms with van der Waals surface area (Å²) < 4.78 is 27.6. The Hall–Kier alpha value is -3.41. The monoisotopic (exact) mass is 348 g/mol. The Morgan fingerprint density at radius 1 is 0.923 bits per heavy atom. The predicted molar refractivity (Wildman–Crippen MR) is 97.7 cm³/mol. The number of anilines is 1. The van der Waals surface area contributed by atoms with Gasteiger partial charge >= 0.3 is 0 Å². The second-order valence-electron chi connectivity index (χ2n) is 5.74. The summed E-state index contributed by atoms with van der Waals surface area (Å²) in [6, 6.07) is 12.4. The summed E-state index contributed by atoms with van der Waals surface area (Å²) in [5.74, 6) is 0.176. The van der Waals surface area contributed by atoms with E-state index in [1.54, 1.807) is 37.6 Å². The highest BCUT2D eigenvalue weighted by molar-refractivity contribution is 5.93. The fourth-order valence-electron chi connectivity index (χ4n) is 2.83. The van der Waals surface area contributed by atoms with Gasteiger partial charge in [0.05, 0.1) is 5.52 Å². The minimum absolute atomic E-state index is 0.199. The van der Waals surface area contributed by atoms with Crippen molar-refractivity contribution in [1.29, 1.82) is 0 Å². The van der Waals surface area contributed by atoms with E-state index in [0.717, 1.165) is 23.1 Å². The first-order valence-electron chi connectivity index (χ1n) is 8.01. The predicted octanol–water partition coefficient (Wildman–Crippen LogP) is 4.68. The van der Waals surface area contributed by atoms with Gasteiger partial charge in [-0.05, 0) is 48.0 Å². The summed E-state index contributed by atoms with van der Waals surface area (Å²) >= 11 is 0. The molecule has 0 aliphatic carbocycles. The quantitative estimate of drug-likeness (QED) is 0.584.